The maximum atomic E-state index is 5.14. The Kier molecular flexibility index (Phi) is 5.68. The van der Waals surface area contributed by atoms with Gasteiger partial charge in [0.1, 0.15) is 12.4 Å². The fraction of sp³-hybridized carbons (Fsp3) is 0.550. The maximum Gasteiger partial charge on any atom is 0.191 e. The second-order valence-electron chi connectivity index (χ2n) is 7.63. The average molecular weight is 447 g/mol. The highest BCUT2D eigenvalue weighted by atomic mass is 79.9. The predicted octanol–water partition coefficient (Wildman–Crippen LogP) is 2.40. The third-order valence-electron chi connectivity index (χ3n) is 5.63. The van der Waals surface area contributed by atoms with Crippen LogP contribution in [0.4, 0.5) is 0 Å². The molecule has 1 atom stereocenters. The van der Waals surface area contributed by atoms with Crippen LogP contribution in [-0.4, -0.2) is 47.5 Å². The van der Waals surface area contributed by atoms with Crippen molar-refractivity contribution in [2.24, 2.45) is 4.99 Å². The Bertz CT molecular complexity index is 860. The normalized spacial score (nSPS) is 20.5. The van der Waals surface area contributed by atoms with Crippen LogP contribution in [0.5, 0.6) is 0 Å². The van der Waals surface area contributed by atoms with Gasteiger partial charge in [-0.15, -0.1) is 0 Å². The van der Waals surface area contributed by atoms with Crippen LogP contribution in [0.1, 0.15) is 36.5 Å². The first kappa shape index (κ1) is 19.4. The van der Waals surface area contributed by atoms with E-state index < -0.39 is 0 Å². The molecule has 4 rings (SSSR count). The topological polar surface area (TPSA) is 76.4 Å². The van der Waals surface area contributed by atoms with Crippen LogP contribution in [0.3, 0.4) is 0 Å². The lowest BCUT2D eigenvalue weighted by atomic mass is 9.96. The van der Waals surface area contributed by atoms with E-state index in [9.17, 15) is 0 Å². The number of benzene rings is 1. The lowest BCUT2D eigenvalue weighted by Crippen LogP contribution is -2.48. The minimum absolute atomic E-state index is 0.207. The Morgan fingerprint density at radius 2 is 2.21 bits per heavy atom. The molecule has 7 nitrogen and oxygen atoms in total. The third kappa shape index (κ3) is 4.07. The standard InChI is InChI=1S/C20H27BrN6O/c1-22-19(23-13-20(9-10-20)15-5-3-4-6-16(15)21)24-14-7-8-18-25-17(12-28-2)26-27(18)11-14/h3-6,14H,7-13H2,1-2H3,(H2,22,23,24). The number of fused-ring (bicyclic) bond motifs is 1. The van der Waals surface area contributed by atoms with Crippen molar-refractivity contribution in [2.75, 3.05) is 20.7 Å². The maximum absolute atomic E-state index is 5.14. The van der Waals surface area contributed by atoms with E-state index in [1.54, 1.807) is 7.11 Å². The van der Waals surface area contributed by atoms with Crippen molar-refractivity contribution in [3.63, 3.8) is 0 Å². The summed E-state index contributed by atoms with van der Waals surface area (Å²) >= 11 is 3.71. The van der Waals surface area contributed by atoms with E-state index >= 15 is 0 Å². The Morgan fingerprint density at radius 1 is 1.39 bits per heavy atom. The summed E-state index contributed by atoms with van der Waals surface area (Å²) in [5.74, 6) is 2.65. The number of methoxy groups -OCH3 is 1. The van der Waals surface area contributed by atoms with Gasteiger partial charge in [-0.1, -0.05) is 34.1 Å². The van der Waals surface area contributed by atoms with Crippen molar-refractivity contribution in [1.29, 1.82) is 0 Å². The van der Waals surface area contributed by atoms with Gasteiger partial charge in [0.25, 0.3) is 0 Å². The number of aryl methyl sites for hydroxylation is 1. The molecule has 2 heterocycles. The molecule has 2 aromatic rings. The fourth-order valence-electron chi connectivity index (χ4n) is 3.89. The van der Waals surface area contributed by atoms with E-state index in [-0.39, 0.29) is 11.5 Å². The summed E-state index contributed by atoms with van der Waals surface area (Å²) in [7, 11) is 3.49. The summed E-state index contributed by atoms with van der Waals surface area (Å²) in [6.07, 6.45) is 4.33. The third-order valence-corrected chi connectivity index (χ3v) is 6.32. The molecule has 1 fully saturated rings. The van der Waals surface area contributed by atoms with Crippen molar-refractivity contribution in [3.8, 4) is 0 Å². The molecule has 1 aromatic carbocycles. The quantitative estimate of drug-likeness (QED) is 0.526. The molecule has 2 aliphatic rings. The lowest BCUT2D eigenvalue weighted by molar-refractivity contribution is 0.177. The fourth-order valence-corrected chi connectivity index (χ4v) is 4.60. The number of rotatable bonds is 6. The second kappa shape index (κ2) is 8.21. The molecular weight excluding hydrogens is 420 g/mol. The van der Waals surface area contributed by atoms with Crippen LogP contribution in [0, 0.1) is 0 Å². The first-order chi connectivity index (χ1) is 13.6. The molecule has 1 saturated carbocycles. The number of guanidine groups is 1. The zero-order valence-corrected chi connectivity index (χ0v) is 18.0. The van der Waals surface area contributed by atoms with Crippen molar-refractivity contribution < 1.29 is 4.74 Å². The van der Waals surface area contributed by atoms with Gasteiger partial charge < -0.3 is 15.4 Å². The molecule has 1 aliphatic heterocycles. The molecule has 2 N–H and O–H groups in total. The highest BCUT2D eigenvalue weighted by molar-refractivity contribution is 9.10. The predicted molar refractivity (Wildman–Crippen MR) is 112 cm³/mol. The Balaban J connectivity index is 1.35. The van der Waals surface area contributed by atoms with Gasteiger partial charge in [0.2, 0.25) is 0 Å². The lowest BCUT2D eigenvalue weighted by Gasteiger charge is -2.26. The molecule has 8 heteroatoms. The molecule has 28 heavy (non-hydrogen) atoms. The van der Waals surface area contributed by atoms with Crippen LogP contribution in [0.2, 0.25) is 0 Å². The monoisotopic (exact) mass is 446 g/mol. The average Bonchev–Trinajstić information content (AvgIpc) is 3.38. The van der Waals surface area contributed by atoms with Crippen LogP contribution in [0.15, 0.2) is 33.7 Å². The zero-order valence-electron chi connectivity index (χ0n) is 16.4. The van der Waals surface area contributed by atoms with Gasteiger partial charge in [0.05, 0.1) is 6.54 Å². The zero-order chi connectivity index (χ0) is 19.6. The van der Waals surface area contributed by atoms with Crippen molar-refractivity contribution >= 4 is 21.9 Å². The Labute approximate surface area is 174 Å². The van der Waals surface area contributed by atoms with Gasteiger partial charge in [-0.05, 0) is 30.9 Å². The first-order valence-corrected chi connectivity index (χ1v) is 10.6. The van der Waals surface area contributed by atoms with Gasteiger partial charge in [-0.25, -0.2) is 9.67 Å². The highest BCUT2D eigenvalue weighted by Gasteiger charge is 2.45. The molecule has 0 bridgehead atoms. The summed E-state index contributed by atoms with van der Waals surface area (Å²) in [6, 6.07) is 8.81. The number of hydrogen-bond acceptors (Lipinski definition) is 4. The SMILES string of the molecule is CN=C(NCC1(c2ccccc2Br)CC1)NC1CCc2nc(COC)nn2C1. The van der Waals surface area contributed by atoms with E-state index in [2.05, 4.69) is 65.9 Å². The highest BCUT2D eigenvalue weighted by Crippen LogP contribution is 2.49. The van der Waals surface area contributed by atoms with Gasteiger partial charge in [0.15, 0.2) is 11.8 Å². The summed E-state index contributed by atoms with van der Waals surface area (Å²) in [4.78, 5) is 8.98. The Morgan fingerprint density at radius 3 is 2.93 bits per heavy atom. The van der Waals surface area contributed by atoms with Gasteiger partial charge in [-0.2, -0.15) is 5.10 Å². The minimum atomic E-state index is 0.207. The van der Waals surface area contributed by atoms with E-state index in [1.807, 2.05) is 11.7 Å². The van der Waals surface area contributed by atoms with E-state index in [1.165, 1.54) is 22.9 Å². The largest absolute Gasteiger partial charge is 0.377 e. The smallest absolute Gasteiger partial charge is 0.191 e. The summed E-state index contributed by atoms with van der Waals surface area (Å²) in [5.41, 5.74) is 1.59. The number of nitrogens with zero attached hydrogens (tertiary/aromatic N) is 4. The van der Waals surface area contributed by atoms with Gasteiger partial charge >= 0.3 is 0 Å². The molecule has 0 saturated heterocycles. The van der Waals surface area contributed by atoms with E-state index in [4.69, 9.17) is 4.74 Å². The van der Waals surface area contributed by atoms with Crippen molar-refractivity contribution in [3.05, 3.63) is 46.0 Å². The molecule has 0 radical (unpaired) electrons. The number of hydrogen-bond donors (Lipinski definition) is 2. The molecule has 0 amide bonds. The number of ether oxygens (including phenoxy) is 1. The van der Waals surface area contributed by atoms with Crippen LogP contribution >= 0.6 is 15.9 Å². The van der Waals surface area contributed by atoms with Crippen molar-refractivity contribution in [2.45, 2.75) is 50.3 Å². The summed E-state index contributed by atoms with van der Waals surface area (Å²) in [5, 5.41) is 11.7. The molecule has 1 aliphatic carbocycles. The first-order valence-electron chi connectivity index (χ1n) is 9.77. The summed E-state index contributed by atoms with van der Waals surface area (Å²) < 4.78 is 8.32. The molecule has 0 spiro atoms. The van der Waals surface area contributed by atoms with Crippen LogP contribution < -0.4 is 10.6 Å². The van der Waals surface area contributed by atoms with Crippen molar-refractivity contribution in [1.82, 2.24) is 25.4 Å². The Hall–Kier alpha value is -1.93. The number of halogens is 1. The molecule has 150 valence electrons. The summed E-state index contributed by atoms with van der Waals surface area (Å²) in [6.45, 7) is 2.13. The number of nitrogens with one attached hydrogen (secondary N) is 2. The molecule has 1 unspecified atom stereocenters. The van der Waals surface area contributed by atoms with Gasteiger partial charge in [-0.3, -0.25) is 4.99 Å². The van der Waals surface area contributed by atoms with E-state index in [0.29, 0.717) is 6.61 Å². The van der Waals surface area contributed by atoms with Gasteiger partial charge in [0, 0.05) is 43.1 Å². The minimum Gasteiger partial charge on any atom is -0.377 e. The number of aromatic nitrogens is 3. The second-order valence-corrected chi connectivity index (χ2v) is 8.48. The van der Waals surface area contributed by atoms with E-state index in [0.717, 1.165) is 43.5 Å². The number of aliphatic imine (C=N–C) groups is 1. The molecular formula is C20H27BrN6O. The van der Waals surface area contributed by atoms with Crippen LogP contribution in [-0.2, 0) is 29.7 Å². The molecule has 1 aromatic heterocycles. The van der Waals surface area contributed by atoms with Crippen LogP contribution in [0.25, 0.3) is 0 Å².